The average molecular weight is 1030 g/mol. The first-order valence-corrected chi connectivity index (χ1v) is 30.9. The van der Waals surface area contributed by atoms with Crippen molar-refractivity contribution in [2.75, 3.05) is 13.2 Å². The van der Waals surface area contributed by atoms with E-state index in [9.17, 15) is 14.4 Å². The van der Waals surface area contributed by atoms with Crippen LogP contribution in [-0.4, -0.2) is 37.2 Å². The molecule has 0 aromatic heterocycles. The van der Waals surface area contributed by atoms with Gasteiger partial charge in [0.1, 0.15) is 13.2 Å². The van der Waals surface area contributed by atoms with Gasteiger partial charge in [0.05, 0.1) is 0 Å². The van der Waals surface area contributed by atoms with Crippen molar-refractivity contribution in [3.05, 3.63) is 109 Å². The van der Waals surface area contributed by atoms with Gasteiger partial charge in [-0.2, -0.15) is 0 Å². The Kier molecular flexibility index (Phi) is 58.3. The van der Waals surface area contributed by atoms with Gasteiger partial charge in [-0.25, -0.2) is 0 Å². The van der Waals surface area contributed by atoms with Crippen molar-refractivity contribution < 1.29 is 28.6 Å². The predicted molar refractivity (Wildman–Crippen MR) is 320 cm³/mol. The summed E-state index contributed by atoms with van der Waals surface area (Å²) in [6.07, 6.45) is 83.6. The van der Waals surface area contributed by atoms with Crippen molar-refractivity contribution >= 4 is 17.9 Å². The van der Waals surface area contributed by atoms with Crippen LogP contribution in [0.2, 0.25) is 0 Å². The minimum absolute atomic E-state index is 0.0924. The fourth-order valence-electron chi connectivity index (χ4n) is 8.35. The second-order valence-corrected chi connectivity index (χ2v) is 20.2. The van der Waals surface area contributed by atoms with Crippen molar-refractivity contribution in [3.8, 4) is 0 Å². The highest BCUT2D eigenvalue weighted by molar-refractivity contribution is 5.71. The largest absolute Gasteiger partial charge is 0.462 e. The van der Waals surface area contributed by atoms with Gasteiger partial charge < -0.3 is 14.2 Å². The van der Waals surface area contributed by atoms with Crippen LogP contribution in [0.3, 0.4) is 0 Å². The van der Waals surface area contributed by atoms with Crippen LogP contribution in [-0.2, 0) is 28.6 Å². The molecule has 0 heterocycles. The third kappa shape index (κ3) is 59.0. The highest BCUT2D eigenvalue weighted by atomic mass is 16.6. The van der Waals surface area contributed by atoms with E-state index < -0.39 is 6.10 Å². The number of esters is 3. The summed E-state index contributed by atoms with van der Waals surface area (Å²) in [6.45, 7) is 6.47. The lowest BCUT2D eigenvalue weighted by atomic mass is 10.1. The third-order valence-corrected chi connectivity index (χ3v) is 13.0. The Morgan fingerprint density at radius 2 is 0.527 bits per heavy atom. The zero-order valence-electron chi connectivity index (χ0n) is 48.3. The van der Waals surface area contributed by atoms with Crippen LogP contribution in [0.25, 0.3) is 0 Å². The zero-order chi connectivity index (χ0) is 53.6. The molecular weight excluding hydrogens is 913 g/mol. The molecule has 0 spiro atoms. The second kappa shape index (κ2) is 61.6. The molecule has 0 aliphatic rings. The Morgan fingerprint density at radius 3 is 0.851 bits per heavy atom. The molecule has 0 aromatic carbocycles. The summed E-state index contributed by atoms with van der Waals surface area (Å²) in [6, 6.07) is 0. The number of ether oxygens (including phenoxy) is 3. The maximum atomic E-state index is 12.9. The van der Waals surface area contributed by atoms with E-state index in [0.29, 0.717) is 19.3 Å². The van der Waals surface area contributed by atoms with E-state index in [2.05, 4.69) is 130 Å². The van der Waals surface area contributed by atoms with Crippen LogP contribution in [0.4, 0.5) is 0 Å². The molecule has 0 saturated heterocycles. The first-order chi connectivity index (χ1) is 36.5. The van der Waals surface area contributed by atoms with Gasteiger partial charge in [0.15, 0.2) is 6.10 Å². The molecule has 0 aliphatic heterocycles. The molecule has 0 aliphatic carbocycles. The molecule has 0 N–H and O–H groups in total. The summed E-state index contributed by atoms with van der Waals surface area (Å²) in [5.41, 5.74) is 0. The summed E-state index contributed by atoms with van der Waals surface area (Å²) < 4.78 is 16.9. The maximum Gasteiger partial charge on any atom is 0.306 e. The van der Waals surface area contributed by atoms with Gasteiger partial charge in [-0.3, -0.25) is 14.4 Å². The molecule has 0 rings (SSSR count). The Morgan fingerprint density at radius 1 is 0.284 bits per heavy atom. The predicted octanol–water partition coefficient (Wildman–Crippen LogP) is 21.0. The van der Waals surface area contributed by atoms with E-state index >= 15 is 0 Å². The lowest BCUT2D eigenvalue weighted by Crippen LogP contribution is -2.30. The molecule has 6 nitrogen and oxygen atoms in total. The highest BCUT2D eigenvalue weighted by Gasteiger charge is 2.19. The van der Waals surface area contributed by atoms with Gasteiger partial charge in [0.2, 0.25) is 0 Å². The van der Waals surface area contributed by atoms with E-state index in [0.717, 1.165) is 148 Å². The minimum Gasteiger partial charge on any atom is -0.462 e. The summed E-state index contributed by atoms with van der Waals surface area (Å²) in [5, 5.41) is 0. The number of carbonyl (C=O) groups excluding carboxylic acids is 3. The summed E-state index contributed by atoms with van der Waals surface area (Å²) in [4.78, 5) is 38.3. The Balaban J connectivity index is 4.39. The fraction of sp³-hybridized carbons (Fsp3) is 0.691. The quantitative estimate of drug-likeness (QED) is 0.0261. The van der Waals surface area contributed by atoms with E-state index in [-0.39, 0.29) is 31.1 Å². The molecule has 422 valence electrons. The van der Waals surface area contributed by atoms with E-state index in [1.54, 1.807) is 0 Å². The van der Waals surface area contributed by atoms with E-state index in [4.69, 9.17) is 14.2 Å². The number of carbonyl (C=O) groups is 3. The lowest BCUT2D eigenvalue weighted by Gasteiger charge is -2.18. The van der Waals surface area contributed by atoms with Gasteiger partial charge in [0, 0.05) is 19.3 Å². The zero-order valence-corrected chi connectivity index (χ0v) is 48.3. The van der Waals surface area contributed by atoms with Crippen molar-refractivity contribution in [1.29, 1.82) is 0 Å². The molecule has 0 bridgehead atoms. The minimum atomic E-state index is -0.796. The molecule has 0 amide bonds. The van der Waals surface area contributed by atoms with E-state index in [1.165, 1.54) is 96.3 Å². The molecular formula is C68H114O6. The molecule has 74 heavy (non-hydrogen) atoms. The van der Waals surface area contributed by atoms with Crippen LogP contribution < -0.4 is 0 Å². The fourth-order valence-corrected chi connectivity index (χ4v) is 8.35. The molecule has 0 radical (unpaired) electrons. The lowest BCUT2D eigenvalue weighted by molar-refractivity contribution is -0.167. The molecule has 6 heteroatoms. The maximum absolute atomic E-state index is 12.9. The molecule has 0 saturated carbocycles. The van der Waals surface area contributed by atoms with Gasteiger partial charge in [-0.1, -0.05) is 246 Å². The van der Waals surface area contributed by atoms with Crippen molar-refractivity contribution in [2.24, 2.45) is 0 Å². The van der Waals surface area contributed by atoms with Crippen molar-refractivity contribution in [2.45, 2.75) is 290 Å². The average Bonchev–Trinajstić information content (AvgIpc) is 3.40. The first-order valence-electron chi connectivity index (χ1n) is 30.9. The Bertz CT molecular complexity index is 1510. The number of hydrogen-bond donors (Lipinski definition) is 0. The number of allylic oxidation sites excluding steroid dienone is 18. The third-order valence-electron chi connectivity index (χ3n) is 13.0. The van der Waals surface area contributed by atoms with Crippen LogP contribution in [0, 0.1) is 0 Å². The number of hydrogen-bond acceptors (Lipinski definition) is 6. The molecule has 1 atom stereocenters. The van der Waals surface area contributed by atoms with Gasteiger partial charge >= 0.3 is 17.9 Å². The SMILES string of the molecule is CC/C=C\C/C=C\C/C=C\C/C=C\C/C=C\CCCCCCCCCCCC(=O)OCC(COC(=O)CCCCCCC/C=C\C/C=C\CCCCC)OC(=O)CCCCCCC/C=C\C/C=C\CCCCCC. The van der Waals surface area contributed by atoms with Gasteiger partial charge in [-0.15, -0.1) is 0 Å². The second-order valence-electron chi connectivity index (χ2n) is 20.2. The van der Waals surface area contributed by atoms with Crippen LogP contribution >= 0.6 is 0 Å². The number of unbranched alkanes of at least 4 members (excludes halogenated alkanes) is 26. The highest BCUT2D eigenvalue weighted by Crippen LogP contribution is 2.15. The van der Waals surface area contributed by atoms with Crippen LogP contribution in [0.15, 0.2) is 109 Å². The molecule has 0 aromatic rings. The van der Waals surface area contributed by atoms with Gasteiger partial charge in [0.25, 0.3) is 0 Å². The summed E-state index contributed by atoms with van der Waals surface area (Å²) in [7, 11) is 0. The van der Waals surface area contributed by atoms with E-state index in [1.807, 2.05) is 0 Å². The van der Waals surface area contributed by atoms with Crippen LogP contribution in [0.5, 0.6) is 0 Å². The molecule has 1 unspecified atom stereocenters. The monoisotopic (exact) mass is 1030 g/mol. The smallest absolute Gasteiger partial charge is 0.306 e. The standard InChI is InChI=1S/C68H114O6/c1-4-7-10-13-16-19-22-25-28-30-31-32-33-34-35-36-37-38-41-43-46-49-52-55-58-61-67(70)73-64-65(63-72-66(69)60-57-54-51-48-45-42-39-27-24-21-18-15-12-9-6-3)74-68(71)62-59-56-53-50-47-44-40-29-26-23-20-17-14-11-8-5-2/h7,10,16,18-21,23,25,27-29,31-32,34-35,39-40,65H,4-6,8-9,11-15,17,22,24,26,30,33,36-38,41-64H2,1-3H3/b10-7-,19-16-,21-18-,23-20-,28-25-,32-31-,35-34-,39-27-,40-29-. The van der Waals surface area contributed by atoms with Crippen molar-refractivity contribution in [3.63, 3.8) is 0 Å². The van der Waals surface area contributed by atoms with Crippen LogP contribution in [0.1, 0.15) is 284 Å². The Hall–Kier alpha value is -3.93. The topological polar surface area (TPSA) is 78.9 Å². The molecule has 0 fully saturated rings. The summed E-state index contributed by atoms with van der Waals surface area (Å²) >= 11 is 0. The van der Waals surface area contributed by atoms with Gasteiger partial charge in [-0.05, 0) is 128 Å². The Labute approximate surface area is 457 Å². The number of rotatable bonds is 55. The summed E-state index contributed by atoms with van der Waals surface area (Å²) in [5.74, 6) is -0.921. The normalized spacial score (nSPS) is 12.9. The first kappa shape index (κ1) is 70.1. The van der Waals surface area contributed by atoms with Crippen molar-refractivity contribution in [1.82, 2.24) is 0 Å².